The van der Waals surface area contributed by atoms with E-state index in [1.54, 1.807) is 29.3 Å². The van der Waals surface area contributed by atoms with E-state index < -0.39 is 0 Å². The molecular formula is C21H24FN5O4. The van der Waals surface area contributed by atoms with Crippen LogP contribution in [0.5, 0.6) is 0 Å². The molecule has 0 unspecified atom stereocenters. The van der Waals surface area contributed by atoms with Crippen LogP contribution in [0.15, 0.2) is 36.5 Å². The first-order valence-electron chi connectivity index (χ1n) is 10.4. The van der Waals surface area contributed by atoms with E-state index in [0.717, 1.165) is 0 Å². The number of carbonyl (C=O) groups is 1. The Kier molecular flexibility index (Phi) is 5.66. The number of anilines is 1. The topological polar surface area (TPSA) is 97.8 Å². The van der Waals surface area contributed by atoms with Gasteiger partial charge in [0.1, 0.15) is 18.0 Å². The number of halogens is 1. The first-order valence-corrected chi connectivity index (χ1v) is 10.4. The molecule has 1 aromatic heterocycles. The number of fused-ring (bicyclic) bond motifs is 1. The molecule has 31 heavy (non-hydrogen) atoms. The van der Waals surface area contributed by atoms with Crippen LogP contribution < -0.4 is 10.6 Å². The predicted octanol–water partition coefficient (Wildman–Crippen LogP) is 1.27. The minimum atomic E-state index is -0.317. The van der Waals surface area contributed by atoms with Gasteiger partial charge in [0.2, 0.25) is 5.95 Å². The second-order valence-corrected chi connectivity index (χ2v) is 7.78. The molecule has 0 radical (unpaired) electrons. The Balaban J connectivity index is 1.22. The summed E-state index contributed by atoms with van der Waals surface area (Å²) in [5, 5.41) is 6.30. The summed E-state index contributed by atoms with van der Waals surface area (Å²) in [4.78, 5) is 23.0. The molecular weight excluding hydrogens is 405 g/mol. The molecule has 3 aliphatic heterocycles. The van der Waals surface area contributed by atoms with Gasteiger partial charge in [0.15, 0.2) is 0 Å². The highest BCUT2D eigenvalue weighted by atomic mass is 19.1. The number of carbonyl (C=O) groups excluding carboxylic acids is 1. The monoisotopic (exact) mass is 429 g/mol. The third kappa shape index (κ3) is 4.32. The van der Waals surface area contributed by atoms with Gasteiger partial charge in [-0.25, -0.2) is 19.2 Å². The minimum absolute atomic E-state index is 0.122. The van der Waals surface area contributed by atoms with Gasteiger partial charge in [-0.3, -0.25) is 0 Å². The number of benzene rings is 1. The molecule has 1 aromatic carbocycles. The molecule has 0 bridgehead atoms. The largest absolute Gasteiger partial charge is 0.378 e. The van der Waals surface area contributed by atoms with Gasteiger partial charge in [0.05, 0.1) is 44.2 Å². The number of aromatic nitrogens is 2. The standard InChI is InChI=1S/C21H24FN5O4/c22-14-3-1-2-13(10-14)15-4-5-23-20(24-15)25-16-11-30-19-17(12-31-18(16)19)26-21(28)27-6-8-29-9-7-27/h1-5,10,16-19H,6-9,11-12H2,(H,26,28)(H,23,24,25)/t16-,17-,18+,19+/m0/s1. The Morgan fingerprint density at radius 1 is 1.10 bits per heavy atom. The summed E-state index contributed by atoms with van der Waals surface area (Å²) in [6.45, 7) is 3.06. The van der Waals surface area contributed by atoms with Gasteiger partial charge in [-0.05, 0) is 18.2 Å². The SMILES string of the molecule is O=C(N[C@H]1CO[C@H]2[C@@H]1OC[C@@H]2Nc1nccc(-c2cccc(F)c2)n1)N1CCOCC1. The number of rotatable bonds is 4. The van der Waals surface area contributed by atoms with Crippen molar-refractivity contribution in [1.29, 1.82) is 0 Å². The molecule has 0 aliphatic carbocycles. The van der Waals surface area contributed by atoms with Crippen molar-refractivity contribution in [3.05, 3.63) is 42.3 Å². The Morgan fingerprint density at radius 2 is 1.87 bits per heavy atom. The molecule has 2 aromatic rings. The van der Waals surface area contributed by atoms with E-state index in [2.05, 4.69) is 20.6 Å². The van der Waals surface area contributed by atoms with E-state index in [1.165, 1.54) is 12.1 Å². The zero-order valence-electron chi connectivity index (χ0n) is 16.9. The van der Waals surface area contributed by atoms with Crippen molar-refractivity contribution in [2.75, 3.05) is 44.8 Å². The van der Waals surface area contributed by atoms with Crippen LogP contribution in [-0.4, -0.2) is 84.7 Å². The first kappa shape index (κ1) is 20.1. The highest BCUT2D eigenvalue weighted by Gasteiger charge is 2.48. The molecule has 4 heterocycles. The van der Waals surface area contributed by atoms with E-state index in [4.69, 9.17) is 14.2 Å². The summed E-state index contributed by atoms with van der Waals surface area (Å²) < 4.78 is 30.7. The summed E-state index contributed by atoms with van der Waals surface area (Å²) in [6.07, 6.45) is 1.16. The predicted molar refractivity (Wildman–Crippen MR) is 109 cm³/mol. The maximum absolute atomic E-state index is 13.5. The van der Waals surface area contributed by atoms with Gasteiger partial charge in [0.25, 0.3) is 0 Å². The van der Waals surface area contributed by atoms with Crippen LogP contribution in [0, 0.1) is 5.82 Å². The number of amides is 2. The smallest absolute Gasteiger partial charge is 0.317 e. The lowest BCUT2D eigenvalue weighted by molar-refractivity contribution is 0.0485. The van der Waals surface area contributed by atoms with Crippen LogP contribution >= 0.6 is 0 Å². The summed E-state index contributed by atoms with van der Waals surface area (Å²) >= 11 is 0. The summed E-state index contributed by atoms with van der Waals surface area (Å²) in [6, 6.07) is 7.51. The van der Waals surface area contributed by atoms with Gasteiger partial charge in [-0.15, -0.1) is 0 Å². The lowest BCUT2D eigenvalue weighted by Crippen LogP contribution is -2.52. The fraction of sp³-hybridized carbons (Fsp3) is 0.476. The zero-order valence-corrected chi connectivity index (χ0v) is 16.9. The fourth-order valence-electron chi connectivity index (χ4n) is 4.17. The number of nitrogens with one attached hydrogen (secondary N) is 2. The Morgan fingerprint density at radius 3 is 2.68 bits per heavy atom. The minimum Gasteiger partial charge on any atom is -0.378 e. The van der Waals surface area contributed by atoms with Gasteiger partial charge in [-0.2, -0.15) is 0 Å². The van der Waals surface area contributed by atoms with E-state index in [1.807, 2.05) is 0 Å². The van der Waals surface area contributed by atoms with Crippen molar-refractivity contribution in [1.82, 2.24) is 20.2 Å². The molecule has 2 N–H and O–H groups in total. The molecule has 10 heteroatoms. The lowest BCUT2D eigenvalue weighted by atomic mass is 10.1. The second-order valence-electron chi connectivity index (χ2n) is 7.78. The molecule has 3 fully saturated rings. The van der Waals surface area contributed by atoms with Crippen LogP contribution in [0.4, 0.5) is 15.1 Å². The molecule has 3 saturated heterocycles. The zero-order chi connectivity index (χ0) is 21.2. The number of hydrogen-bond donors (Lipinski definition) is 2. The number of urea groups is 1. The Bertz CT molecular complexity index is 941. The average Bonchev–Trinajstić information content (AvgIpc) is 3.38. The molecule has 0 spiro atoms. The highest BCUT2D eigenvalue weighted by molar-refractivity contribution is 5.74. The van der Waals surface area contributed by atoms with Crippen LogP contribution in [0.25, 0.3) is 11.3 Å². The summed E-state index contributed by atoms with van der Waals surface area (Å²) in [5.41, 5.74) is 1.30. The van der Waals surface area contributed by atoms with Crippen molar-refractivity contribution < 1.29 is 23.4 Å². The van der Waals surface area contributed by atoms with Crippen LogP contribution in [0.1, 0.15) is 0 Å². The van der Waals surface area contributed by atoms with Gasteiger partial charge >= 0.3 is 6.03 Å². The van der Waals surface area contributed by atoms with Crippen molar-refractivity contribution in [3.63, 3.8) is 0 Å². The summed E-state index contributed by atoms with van der Waals surface area (Å²) in [7, 11) is 0. The molecule has 0 saturated carbocycles. The Labute approximate surface area is 178 Å². The quantitative estimate of drug-likeness (QED) is 0.755. The number of morpholine rings is 1. The van der Waals surface area contributed by atoms with Crippen molar-refractivity contribution >= 4 is 12.0 Å². The molecule has 9 nitrogen and oxygen atoms in total. The third-order valence-electron chi connectivity index (χ3n) is 5.75. The van der Waals surface area contributed by atoms with E-state index in [-0.39, 0.29) is 36.1 Å². The Hall–Kier alpha value is -2.82. The van der Waals surface area contributed by atoms with Crippen molar-refractivity contribution in [3.8, 4) is 11.3 Å². The van der Waals surface area contributed by atoms with E-state index >= 15 is 0 Å². The second kappa shape index (κ2) is 8.74. The van der Waals surface area contributed by atoms with Crippen LogP contribution in [-0.2, 0) is 14.2 Å². The van der Waals surface area contributed by atoms with Gasteiger partial charge in [0, 0.05) is 24.8 Å². The molecule has 3 aliphatic rings. The summed E-state index contributed by atoms with van der Waals surface area (Å²) in [5.74, 6) is 0.0996. The highest BCUT2D eigenvalue weighted by Crippen LogP contribution is 2.29. The van der Waals surface area contributed by atoms with Gasteiger partial charge < -0.3 is 29.7 Å². The average molecular weight is 429 g/mol. The molecule has 4 atom stereocenters. The normalized spacial score (nSPS) is 27.7. The maximum atomic E-state index is 13.5. The maximum Gasteiger partial charge on any atom is 0.317 e. The van der Waals surface area contributed by atoms with E-state index in [9.17, 15) is 9.18 Å². The van der Waals surface area contributed by atoms with E-state index in [0.29, 0.717) is 56.7 Å². The van der Waals surface area contributed by atoms with Crippen LogP contribution in [0.3, 0.4) is 0 Å². The number of ether oxygens (including phenoxy) is 3. The van der Waals surface area contributed by atoms with Crippen molar-refractivity contribution in [2.45, 2.75) is 24.3 Å². The fourth-order valence-corrected chi connectivity index (χ4v) is 4.17. The van der Waals surface area contributed by atoms with Crippen LogP contribution in [0.2, 0.25) is 0 Å². The molecule has 2 amide bonds. The lowest BCUT2D eigenvalue weighted by Gasteiger charge is -2.29. The molecule has 5 rings (SSSR count). The third-order valence-corrected chi connectivity index (χ3v) is 5.75. The number of nitrogens with zero attached hydrogens (tertiary/aromatic N) is 3. The number of hydrogen-bond acceptors (Lipinski definition) is 7. The van der Waals surface area contributed by atoms with Crippen molar-refractivity contribution in [2.24, 2.45) is 0 Å². The van der Waals surface area contributed by atoms with Gasteiger partial charge in [-0.1, -0.05) is 12.1 Å². The molecule has 164 valence electrons. The first-order chi connectivity index (χ1) is 15.2.